The van der Waals surface area contributed by atoms with E-state index >= 15 is 0 Å². The zero-order valence-electron chi connectivity index (χ0n) is 14.9. The van der Waals surface area contributed by atoms with Crippen LogP contribution in [0, 0.1) is 0 Å². The van der Waals surface area contributed by atoms with Crippen LogP contribution in [-0.2, 0) is 11.3 Å². The van der Waals surface area contributed by atoms with Gasteiger partial charge in [0, 0.05) is 49.8 Å². The third-order valence-corrected chi connectivity index (χ3v) is 4.73. The lowest BCUT2D eigenvalue weighted by molar-refractivity contribution is -0.119. The van der Waals surface area contributed by atoms with Crippen LogP contribution in [0.4, 0.5) is 5.95 Å². The van der Waals surface area contributed by atoms with Gasteiger partial charge in [-0.25, -0.2) is 4.98 Å². The normalized spacial score (nSPS) is 20.1. The molecule has 0 radical (unpaired) electrons. The van der Waals surface area contributed by atoms with Crippen molar-refractivity contribution in [1.29, 1.82) is 0 Å². The predicted molar refractivity (Wildman–Crippen MR) is 99.0 cm³/mol. The summed E-state index contributed by atoms with van der Waals surface area (Å²) in [4.78, 5) is 32.2. The largest absolute Gasteiger partial charge is 0.396 e. The SMILES string of the molecule is CC(=O)N[C@H]1CC[C@H](Nc2ncc3ccc(=O)n(CCCO)c3n2)CC1. The topological polar surface area (TPSA) is 109 Å². The molecule has 0 atom stereocenters. The minimum absolute atomic E-state index is 0.0140. The number of fused-ring (bicyclic) bond motifs is 1. The van der Waals surface area contributed by atoms with Crippen LogP contribution in [-0.4, -0.2) is 44.2 Å². The molecule has 2 heterocycles. The third kappa shape index (κ3) is 4.37. The first-order valence-electron chi connectivity index (χ1n) is 9.08. The van der Waals surface area contributed by atoms with Crippen molar-refractivity contribution < 1.29 is 9.90 Å². The second kappa shape index (κ2) is 8.27. The molecule has 1 aliphatic rings. The molecule has 2 aromatic rings. The lowest BCUT2D eigenvalue weighted by atomic mass is 9.91. The molecule has 26 heavy (non-hydrogen) atoms. The Morgan fingerprint density at radius 1 is 1.27 bits per heavy atom. The first-order chi connectivity index (χ1) is 12.6. The number of nitrogens with zero attached hydrogens (tertiary/aromatic N) is 3. The van der Waals surface area contributed by atoms with E-state index in [0.29, 0.717) is 24.6 Å². The van der Waals surface area contributed by atoms with Crippen LogP contribution in [0.3, 0.4) is 0 Å². The van der Waals surface area contributed by atoms with E-state index in [9.17, 15) is 9.59 Å². The number of amides is 1. The van der Waals surface area contributed by atoms with Crippen molar-refractivity contribution >= 4 is 22.9 Å². The van der Waals surface area contributed by atoms with E-state index in [4.69, 9.17) is 5.11 Å². The van der Waals surface area contributed by atoms with Gasteiger partial charge in [-0.15, -0.1) is 0 Å². The second-order valence-corrected chi connectivity index (χ2v) is 6.77. The van der Waals surface area contributed by atoms with Gasteiger partial charge in [-0.1, -0.05) is 0 Å². The standard InChI is InChI=1S/C18H25N5O3/c1-12(25)20-14-4-6-15(7-5-14)21-18-19-11-13-3-8-16(26)23(9-2-10-24)17(13)22-18/h3,8,11,14-15,24H,2,4-7,9-10H2,1H3,(H,20,25)(H,19,21,22)/t14-,15-. The smallest absolute Gasteiger partial charge is 0.252 e. The quantitative estimate of drug-likeness (QED) is 0.711. The molecule has 1 amide bonds. The minimum Gasteiger partial charge on any atom is -0.396 e. The number of aliphatic hydroxyl groups excluding tert-OH is 1. The van der Waals surface area contributed by atoms with Gasteiger partial charge < -0.3 is 15.7 Å². The summed E-state index contributed by atoms with van der Waals surface area (Å²) in [6, 6.07) is 3.71. The first kappa shape index (κ1) is 18.3. The van der Waals surface area contributed by atoms with Gasteiger partial charge in [-0.05, 0) is 38.2 Å². The Morgan fingerprint density at radius 3 is 2.69 bits per heavy atom. The van der Waals surface area contributed by atoms with Crippen LogP contribution < -0.4 is 16.2 Å². The number of hydrogen-bond acceptors (Lipinski definition) is 6. The molecule has 0 aromatic carbocycles. The van der Waals surface area contributed by atoms with Gasteiger partial charge in [0.05, 0.1) is 0 Å². The minimum atomic E-state index is -0.133. The maximum atomic E-state index is 12.1. The summed E-state index contributed by atoms with van der Waals surface area (Å²) in [6.45, 7) is 1.99. The Hall–Kier alpha value is -2.48. The highest BCUT2D eigenvalue weighted by atomic mass is 16.3. The molecular formula is C18H25N5O3. The zero-order valence-corrected chi connectivity index (χ0v) is 14.9. The van der Waals surface area contributed by atoms with Gasteiger partial charge in [0.1, 0.15) is 5.65 Å². The average molecular weight is 359 g/mol. The molecule has 0 aliphatic heterocycles. The van der Waals surface area contributed by atoms with Crippen LogP contribution in [0.25, 0.3) is 11.0 Å². The fourth-order valence-corrected chi connectivity index (χ4v) is 3.44. The summed E-state index contributed by atoms with van der Waals surface area (Å²) in [5.41, 5.74) is 0.446. The lowest BCUT2D eigenvalue weighted by Gasteiger charge is -2.29. The molecule has 0 saturated heterocycles. The molecular weight excluding hydrogens is 334 g/mol. The van der Waals surface area contributed by atoms with E-state index in [2.05, 4.69) is 20.6 Å². The van der Waals surface area contributed by atoms with E-state index in [0.717, 1.165) is 31.1 Å². The molecule has 3 rings (SSSR count). The highest BCUT2D eigenvalue weighted by molar-refractivity contribution is 5.75. The number of carbonyl (C=O) groups is 1. The summed E-state index contributed by atoms with van der Waals surface area (Å²) in [5, 5.41) is 16.2. The van der Waals surface area contributed by atoms with Gasteiger partial charge in [-0.3, -0.25) is 14.2 Å². The molecule has 140 valence electrons. The Morgan fingerprint density at radius 2 is 2.00 bits per heavy atom. The number of pyridine rings is 1. The number of carbonyl (C=O) groups excluding carboxylic acids is 1. The van der Waals surface area contributed by atoms with Gasteiger partial charge in [-0.2, -0.15) is 4.98 Å². The third-order valence-electron chi connectivity index (χ3n) is 4.73. The van der Waals surface area contributed by atoms with E-state index in [-0.39, 0.29) is 30.2 Å². The van der Waals surface area contributed by atoms with Gasteiger partial charge in [0.15, 0.2) is 0 Å². The van der Waals surface area contributed by atoms with Gasteiger partial charge >= 0.3 is 0 Å². The van der Waals surface area contributed by atoms with E-state index in [1.807, 2.05) is 0 Å². The van der Waals surface area contributed by atoms with Crippen molar-refractivity contribution in [3.8, 4) is 0 Å². The van der Waals surface area contributed by atoms with E-state index in [1.54, 1.807) is 23.8 Å². The van der Waals surface area contributed by atoms with Crippen molar-refractivity contribution in [3.05, 3.63) is 28.7 Å². The molecule has 0 unspecified atom stereocenters. The molecule has 2 aromatic heterocycles. The molecule has 8 nitrogen and oxygen atoms in total. The lowest BCUT2D eigenvalue weighted by Crippen LogP contribution is -2.39. The summed E-state index contributed by atoms with van der Waals surface area (Å²) in [6.07, 6.45) is 5.91. The van der Waals surface area contributed by atoms with Gasteiger partial charge in [0.25, 0.3) is 5.56 Å². The van der Waals surface area contributed by atoms with Crippen LogP contribution >= 0.6 is 0 Å². The number of aliphatic hydroxyl groups is 1. The Kier molecular flexibility index (Phi) is 5.82. The van der Waals surface area contributed by atoms with Crippen LogP contribution in [0.5, 0.6) is 0 Å². The summed E-state index contributed by atoms with van der Waals surface area (Å²) < 4.78 is 1.58. The van der Waals surface area contributed by atoms with Gasteiger partial charge in [0.2, 0.25) is 11.9 Å². The van der Waals surface area contributed by atoms with Crippen molar-refractivity contribution in [2.45, 2.75) is 57.7 Å². The van der Waals surface area contributed by atoms with Crippen molar-refractivity contribution in [2.24, 2.45) is 0 Å². The molecule has 8 heteroatoms. The number of rotatable bonds is 6. The molecule has 3 N–H and O–H groups in total. The number of hydrogen-bond donors (Lipinski definition) is 3. The molecule has 0 spiro atoms. The van der Waals surface area contributed by atoms with Crippen molar-refractivity contribution in [2.75, 3.05) is 11.9 Å². The first-order valence-corrected chi connectivity index (χ1v) is 9.08. The Labute approximate surface area is 151 Å². The summed E-state index contributed by atoms with van der Waals surface area (Å²) in [5.74, 6) is 0.518. The Bertz CT molecular complexity index is 827. The maximum absolute atomic E-state index is 12.1. The molecule has 1 fully saturated rings. The van der Waals surface area contributed by atoms with Crippen LogP contribution in [0.1, 0.15) is 39.0 Å². The molecule has 1 aliphatic carbocycles. The maximum Gasteiger partial charge on any atom is 0.252 e. The second-order valence-electron chi connectivity index (χ2n) is 6.77. The molecule has 0 bridgehead atoms. The molecule has 1 saturated carbocycles. The highest BCUT2D eigenvalue weighted by Crippen LogP contribution is 2.21. The highest BCUT2D eigenvalue weighted by Gasteiger charge is 2.22. The van der Waals surface area contributed by atoms with Crippen molar-refractivity contribution in [3.63, 3.8) is 0 Å². The monoisotopic (exact) mass is 359 g/mol. The number of nitrogens with one attached hydrogen (secondary N) is 2. The van der Waals surface area contributed by atoms with Crippen LogP contribution in [0.2, 0.25) is 0 Å². The van der Waals surface area contributed by atoms with E-state index < -0.39 is 0 Å². The number of aryl methyl sites for hydroxylation is 1. The zero-order chi connectivity index (χ0) is 18.5. The van der Waals surface area contributed by atoms with Crippen LogP contribution in [0.15, 0.2) is 23.1 Å². The van der Waals surface area contributed by atoms with Crippen molar-refractivity contribution in [1.82, 2.24) is 19.9 Å². The fraction of sp³-hybridized carbons (Fsp3) is 0.556. The fourth-order valence-electron chi connectivity index (χ4n) is 3.44. The predicted octanol–water partition coefficient (Wildman–Crippen LogP) is 1.03. The summed E-state index contributed by atoms with van der Waals surface area (Å²) in [7, 11) is 0. The van der Waals surface area contributed by atoms with E-state index in [1.165, 1.54) is 6.07 Å². The Balaban J connectivity index is 1.73. The summed E-state index contributed by atoms with van der Waals surface area (Å²) >= 11 is 0. The average Bonchev–Trinajstić information content (AvgIpc) is 2.62. The number of anilines is 1. The number of aromatic nitrogens is 3.